The fourth-order valence-corrected chi connectivity index (χ4v) is 2.73. The quantitative estimate of drug-likeness (QED) is 0.701. The van der Waals surface area contributed by atoms with Gasteiger partial charge in [-0.05, 0) is 30.5 Å². The lowest BCUT2D eigenvalue weighted by atomic mass is 10.1. The van der Waals surface area contributed by atoms with Crippen LogP contribution >= 0.6 is 0 Å². The highest BCUT2D eigenvalue weighted by molar-refractivity contribution is 6.03. The van der Waals surface area contributed by atoms with Gasteiger partial charge in [0.15, 0.2) is 0 Å². The molecule has 1 heterocycles. The second kappa shape index (κ2) is 8.25. The molecule has 0 spiro atoms. The number of amides is 1. The number of hydrogen-bond donors (Lipinski definition) is 2. The molecule has 5 nitrogen and oxygen atoms in total. The first kappa shape index (κ1) is 17.6. The minimum atomic E-state index is -0.244. The molecule has 3 aromatic rings. The molecule has 2 aromatic carbocycles. The second-order valence-electron chi connectivity index (χ2n) is 6.10. The molecule has 0 aliphatic rings. The zero-order chi connectivity index (χ0) is 18.4. The van der Waals surface area contributed by atoms with E-state index in [1.807, 2.05) is 30.3 Å². The molecule has 2 N–H and O–H groups in total. The highest BCUT2D eigenvalue weighted by Gasteiger charge is 2.11. The summed E-state index contributed by atoms with van der Waals surface area (Å²) >= 11 is 0. The van der Waals surface area contributed by atoms with Crippen LogP contribution < -0.4 is 10.6 Å². The summed E-state index contributed by atoms with van der Waals surface area (Å²) in [6, 6.07) is 17.7. The number of nitrogens with zero attached hydrogens (tertiary/aromatic N) is 2. The van der Waals surface area contributed by atoms with E-state index in [9.17, 15) is 4.79 Å². The van der Waals surface area contributed by atoms with Crippen LogP contribution in [0.3, 0.4) is 0 Å². The Hall–Kier alpha value is -3.21. The van der Waals surface area contributed by atoms with Gasteiger partial charge in [-0.25, -0.2) is 9.97 Å². The number of anilines is 2. The number of nitrogens with one attached hydrogen (secondary N) is 2. The Morgan fingerprint density at radius 1 is 1.04 bits per heavy atom. The van der Waals surface area contributed by atoms with Gasteiger partial charge in [0, 0.05) is 18.3 Å². The van der Waals surface area contributed by atoms with Gasteiger partial charge >= 0.3 is 0 Å². The summed E-state index contributed by atoms with van der Waals surface area (Å²) in [4.78, 5) is 20.8. The number of benzene rings is 2. The molecular formula is C21H22N4O. The summed E-state index contributed by atoms with van der Waals surface area (Å²) in [6.45, 7) is 4.76. The number of aryl methyl sites for hydroxylation is 2. The molecule has 3 rings (SSSR count). The van der Waals surface area contributed by atoms with Crippen LogP contribution in [-0.2, 0) is 13.0 Å². The van der Waals surface area contributed by atoms with E-state index in [2.05, 4.69) is 52.6 Å². The SMILES string of the molecule is CCc1ccccc1NC(=O)c1cc(NCc2cccc(C)c2)ncn1. The van der Waals surface area contributed by atoms with E-state index < -0.39 is 0 Å². The van der Waals surface area contributed by atoms with Crippen LogP contribution in [-0.4, -0.2) is 15.9 Å². The Balaban J connectivity index is 1.69. The van der Waals surface area contributed by atoms with Crippen LogP contribution in [0, 0.1) is 6.92 Å². The fourth-order valence-electron chi connectivity index (χ4n) is 2.73. The van der Waals surface area contributed by atoms with E-state index in [0.29, 0.717) is 18.1 Å². The van der Waals surface area contributed by atoms with Crippen molar-refractivity contribution in [2.45, 2.75) is 26.8 Å². The predicted octanol–water partition coefficient (Wildman–Crippen LogP) is 4.21. The normalized spacial score (nSPS) is 10.4. The van der Waals surface area contributed by atoms with E-state index in [0.717, 1.165) is 23.2 Å². The van der Waals surface area contributed by atoms with Gasteiger partial charge in [0.05, 0.1) is 0 Å². The predicted molar refractivity (Wildman–Crippen MR) is 104 cm³/mol. The Kier molecular flexibility index (Phi) is 5.59. The van der Waals surface area contributed by atoms with Gasteiger partial charge in [0.1, 0.15) is 17.8 Å². The molecule has 132 valence electrons. The highest BCUT2D eigenvalue weighted by atomic mass is 16.1. The number of aromatic nitrogens is 2. The third-order valence-electron chi connectivity index (χ3n) is 4.10. The summed E-state index contributed by atoms with van der Waals surface area (Å²) < 4.78 is 0. The van der Waals surface area contributed by atoms with Gasteiger partial charge in [0.25, 0.3) is 5.91 Å². The van der Waals surface area contributed by atoms with E-state index >= 15 is 0 Å². The molecular weight excluding hydrogens is 324 g/mol. The Morgan fingerprint density at radius 3 is 2.69 bits per heavy atom. The number of hydrogen-bond acceptors (Lipinski definition) is 4. The van der Waals surface area contributed by atoms with Crippen molar-refractivity contribution in [3.8, 4) is 0 Å². The maximum atomic E-state index is 12.5. The van der Waals surface area contributed by atoms with E-state index in [4.69, 9.17) is 0 Å². The van der Waals surface area contributed by atoms with Gasteiger partial charge in [0.2, 0.25) is 0 Å². The van der Waals surface area contributed by atoms with E-state index in [1.54, 1.807) is 6.07 Å². The molecule has 0 atom stereocenters. The highest BCUT2D eigenvalue weighted by Crippen LogP contribution is 2.17. The van der Waals surface area contributed by atoms with Gasteiger partial charge in [-0.1, -0.05) is 55.0 Å². The molecule has 0 fully saturated rings. The van der Waals surface area contributed by atoms with Crippen molar-refractivity contribution >= 4 is 17.4 Å². The van der Waals surface area contributed by atoms with Crippen LogP contribution in [0.4, 0.5) is 11.5 Å². The summed E-state index contributed by atoms with van der Waals surface area (Å²) in [5.74, 6) is 0.377. The molecule has 0 aliphatic carbocycles. The molecule has 1 aromatic heterocycles. The minimum Gasteiger partial charge on any atom is -0.366 e. The summed E-state index contributed by atoms with van der Waals surface area (Å²) in [7, 11) is 0. The van der Waals surface area contributed by atoms with Crippen molar-refractivity contribution in [3.63, 3.8) is 0 Å². The van der Waals surface area contributed by atoms with Crippen molar-refractivity contribution in [1.29, 1.82) is 0 Å². The maximum Gasteiger partial charge on any atom is 0.274 e. The molecule has 5 heteroatoms. The van der Waals surface area contributed by atoms with Gasteiger partial charge in [-0.15, -0.1) is 0 Å². The maximum absolute atomic E-state index is 12.5. The number of para-hydroxylation sites is 1. The number of carbonyl (C=O) groups excluding carboxylic acids is 1. The van der Waals surface area contributed by atoms with Crippen molar-refractivity contribution < 1.29 is 4.79 Å². The largest absolute Gasteiger partial charge is 0.366 e. The molecule has 0 saturated heterocycles. The van der Waals surface area contributed by atoms with Gasteiger partial charge in [-0.2, -0.15) is 0 Å². The fraction of sp³-hybridized carbons (Fsp3) is 0.190. The van der Waals surface area contributed by atoms with Gasteiger partial charge < -0.3 is 10.6 Å². The number of rotatable bonds is 6. The van der Waals surface area contributed by atoms with Crippen LogP contribution in [0.25, 0.3) is 0 Å². The van der Waals surface area contributed by atoms with Crippen LogP contribution in [0.2, 0.25) is 0 Å². The lowest BCUT2D eigenvalue weighted by Crippen LogP contribution is -2.15. The average molecular weight is 346 g/mol. The molecule has 0 radical (unpaired) electrons. The molecule has 0 saturated carbocycles. The first-order valence-electron chi connectivity index (χ1n) is 8.66. The molecule has 0 unspecified atom stereocenters. The minimum absolute atomic E-state index is 0.244. The Bertz CT molecular complexity index is 908. The molecule has 0 aliphatic heterocycles. The lowest BCUT2D eigenvalue weighted by Gasteiger charge is -2.10. The van der Waals surface area contributed by atoms with Crippen molar-refractivity contribution in [2.24, 2.45) is 0 Å². The standard InChI is InChI=1S/C21H22N4O/c1-3-17-9-4-5-10-18(17)25-21(26)19-12-20(24-14-23-19)22-13-16-8-6-7-15(2)11-16/h4-12,14H,3,13H2,1-2H3,(H,25,26)(H,22,23,24). The molecule has 0 bridgehead atoms. The third kappa shape index (κ3) is 4.45. The van der Waals surface area contributed by atoms with E-state index in [-0.39, 0.29) is 5.91 Å². The van der Waals surface area contributed by atoms with Crippen LogP contribution in [0.5, 0.6) is 0 Å². The van der Waals surface area contributed by atoms with Crippen molar-refractivity contribution in [3.05, 3.63) is 83.3 Å². The zero-order valence-electron chi connectivity index (χ0n) is 15.0. The van der Waals surface area contributed by atoms with Crippen LogP contribution in [0.1, 0.15) is 34.1 Å². The van der Waals surface area contributed by atoms with Crippen LogP contribution in [0.15, 0.2) is 60.9 Å². The lowest BCUT2D eigenvalue weighted by molar-refractivity contribution is 0.102. The first-order valence-corrected chi connectivity index (χ1v) is 8.66. The van der Waals surface area contributed by atoms with Gasteiger partial charge in [-0.3, -0.25) is 4.79 Å². The number of carbonyl (C=O) groups is 1. The van der Waals surface area contributed by atoms with E-state index in [1.165, 1.54) is 11.9 Å². The monoisotopic (exact) mass is 346 g/mol. The summed E-state index contributed by atoms with van der Waals surface area (Å²) in [5.41, 5.74) is 4.60. The Morgan fingerprint density at radius 2 is 1.88 bits per heavy atom. The summed E-state index contributed by atoms with van der Waals surface area (Å²) in [6.07, 6.45) is 2.25. The van der Waals surface area contributed by atoms with Crippen molar-refractivity contribution in [2.75, 3.05) is 10.6 Å². The molecule has 26 heavy (non-hydrogen) atoms. The molecule has 1 amide bonds. The Labute approximate surface area is 153 Å². The second-order valence-corrected chi connectivity index (χ2v) is 6.10. The summed E-state index contributed by atoms with van der Waals surface area (Å²) in [5, 5.41) is 6.17. The first-order chi connectivity index (χ1) is 12.7. The smallest absolute Gasteiger partial charge is 0.274 e. The average Bonchev–Trinajstić information content (AvgIpc) is 2.67. The zero-order valence-corrected chi connectivity index (χ0v) is 15.0. The topological polar surface area (TPSA) is 66.9 Å². The third-order valence-corrected chi connectivity index (χ3v) is 4.10. The van der Waals surface area contributed by atoms with Crippen molar-refractivity contribution in [1.82, 2.24) is 9.97 Å².